The predicted octanol–water partition coefficient (Wildman–Crippen LogP) is 0.318. The van der Waals surface area contributed by atoms with Crippen molar-refractivity contribution in [1.82, 2.24) is 4.90 Å². The zero-order chi connectivity index (χ0) is 8.32. The zero-order valence-corrected chi connectivity index (χ0v) is 7.18. The Bertz CT molecular complexity index is 206. The van der Waals surface area contributed by atoms with Crippen molar-refractivity contribution in [1.29, 1.82) is 0 Å². The van der Waals surface area contributed by atoms with Gasteiger partial charge in [0.15, 0.2) is 0 Å². The summed E-state index contributed by atoms with van der Waals surface area (Å²) in [6.45, 7) is 1.58. The third kappa shape index (κ3) is 3.69. The van der Waals surface area contributed by atoms with Gasteiger partial charge in [-0.1, -0.05) is 6.42 Å². The summed E-state index contributed by atoms with van der Waals surface area (Å²) in [6.07, 6.45) is 3.24. The molecule has 0 saturated carbocycles. The molecular formula is C6H13NO3S. The highest BCUT2D eigenvalue weighted by Crippen LogP contribution is 2.08. The molecule has 0 aromatic heterocycles. The van der Waals surface area contributed by atoms with Crippen LogP contribution in [0.3, 0.4) is 0 Å². The zero-order valence-electron chi connectivity index (χ0n) is 6.36. The third-order valence-electron chi connectivity index (χ3n) is 1.79. The number of likely N-dealkylation sites (tertiary alicyclic amines) is 1. The fourth-order valence-electron chi connectivity index (χ4n) is 1.32. The monoisotopic (exact) mass is 179 g/mol. The van der Waals surface area contributed by atoms with E-state index < -0.39 is 10.1 Å². The smallest absolute Gasteiger partial charge is 0.278 e. The Hall–Kier alpha value is -0.130. The van der Waals surface area contributed by atoms with Gasteiger partial charge in [0.05, 0.1) is 0 Å². The summed E-state index contributed by atoms with van der Waals surface area (Å²) in [5, 5.41) is 0. The van der Waals surface area contributed by atoms with E-state index in [1.54, 1.807) is 4.90 Å². The molecule has 0 amide bonds. The van der Waals surface area contributed by atoms with Gasteiger partial charge >= 0.3 is 0 Å². The highest BCUT2D eigenvalue weighted by atomic mass is 32.2. The Kier molecular flexibility index (Phi) is 2.86. The molecule has 11 heavy (non-hydrogen) atoms. The summed E-state index contributed by atoms with van der Waals surface area (Å²) >= 11 is 0. The van der Waals surface area contributed by atoms with E-state index in [4.69, 9.17) is 4.55 Å². The molecule has 1 rings (SSSR count). The van der Waals surface area contributed by atoms with Crippen LogP contribution in [0.1, 0.15) is 19.3 Å². The number of piperidine rings is 1. The first kappa shape index (κ1) is 8.96. The van der Waals surface area contributed by atoms with Gasteiger partial charge in [-0.15, -0.1) is 0 Å². The molecule has 0 unspecified atom stereocenters. The minimum absolute atomic E-state index is 0.201. The van der Waals surface area contributed by atoms with Crippen LogP contribution in [0, 0.1) is 0 Å². The maximum Gasteiger partial charge on any atom is 0.278 e. The van der Waals surface area contributed by atoms with Crippen LogP contribution in [-0.2, 0) is 10.1 Å². The summed E-state index contributed by atoms with van der Waals surface area (Å²) in [4.78, 5) is 1.76. The summed E-state index contributed by atoms with van der Waals surface area (Å²) in [5.41, 5.74) is 0. The van der Waals surface area contributed by atoms with Crippen molar-refractivity contribution in [3.05, 3.63) is 0 Å². The van der Waals surface area contributed by atoms with E-state index in [1.807, 2.05) is 0 Å². The largest absolute Gasteiger partial charge is 0.288 e. The molecule has 0 atom stereocenters. The van der Waals surface area contributed by atoms with Gasteiger partial charge in [0.1, 0.15) is 5.88 Å². The molecule has 1 heterocycles. The first-order chi connectivity index (χ1) is 5.08. The normalized spacial score (nSPS) is 21.9. The van der Waals surface area contributed by atoms with E-state index in [0.717, 1.165) is 25.9 Å². The lowest BCUT2D eigenvalue weighted by Gasteiger charge is -2.24. The second-order valence-corrected chi connectivity index (χ2v) is 4.31. The Morgan fingerprint density at radius 1 is 1.18 bits per heavy atom. The Morgan fingerprint density at radius 3 is 2.18 bits per heavy atom. The van der Waals surface area contributed by atoms with Gasteiger partial charge in [-0.05, 0) is 25.9 Å². The van der Waals surface area contributed by atoms with E-state index in [0.29, 0.717) is 0 Å². The summed E-state index contributed by atoms with van der Waals surface area (Å²) in [6, 6.07) is 0. The number of hydrogen-bond acceptors (Lipinski definition) is 3. The molecule has 0 radical (unpaired) electrons. The van der Waals surface area contributed by atoms with Crippen molar-refractivity contribution in [2.75, 3.05) is 19.0 Å². The second-order valence-electron chi connectivity index (χ2n) is 2.89. The van der Waals surface area contributed by atoms with E-state index in [9.17, 15) is 8.42 Å². The number of rotatable bonds is 2. The highest BCUT2D eigenvalue weighted by Gasteiger charge is 2.15. The van der Waals surface area contributed by atoms with Gasteiger partial charge in [0.2, 0.25) is 0 Å². The van der Waals surface area contributed by atoms with Crippen molar-refractivity contribution in [2.24, 2.45) is 0 Å². The third-order valence-corrected chi connectivity index (χ3v) is 2.49. The predicted molar refractivity (Wildman–Crippen MR) is 41.8 cm³/mol. The molecular weight excluding hydrogens is 166 g/mol. The molecule has 0 aromatic carbocycles. The Morgan fingerprint density at radius 2 is 1.73 bits per heavy atom. The van der Waals surface area contributed by atoms with Gasteiger partial charge in [-0.25, -0.2) is 0 Å². The molecule has 1 N–H and O–H groups in total. The van der Waals surface area contributed by atoms with Crippen LogP contribution < -0.4 is 0 Å². The summed E-state index contributed by atoms with van der Waals surface area (Å²) in [5.74, 6) is -0.201. The molecule has 0 spiro atoms. The lowest BCUT2D eigenvalue weighted by Crippen LogP contribution is -2.34. The quantitative estimate of drug-likeness (QED) is 0.620. The van der Waals surface area contributed by atoms with E-state index in [2.05, 4.69) is 0 Å². The SMILES string of the molecule is O=S(=O)(O)CN1CCCCC1. The molecule has 5 heteroatoms. The molecule has 0 aromatic rings. The van der Waals surface area contributed by atoms with Crippen LogP contribution in [0.5, 0.6) is 0 Å². The lowest BCUT2D eigenvalue weighted by molar-refractivity contribution is 0.254. The molecule has 1 fully saturated rings. The van der Waals surface area contributed by atoms with Crippen LogP contribution in [0.25, 0.3) is 0 Å². The van der Waals surface area contributed by atoms with Crippen LogP contribution in [0.4, 0.5) is 0 Å². The molecule has 1 aliphatic heterocycles. The molecule has 1 saturated heterocycles. The average Bonchev–Trinajstić information content (AvgIpc) is 1.85. The maximum absolute atomic E-state index is 10.4. The van der Waals surface area contributed by atoms with Crippen LogP contribution >= 0.6 is 0 Å². The van der Waals surface area contributed by atoms with Crippen molar-refractivity contribution in [3.8, 4) is 0 Å². The molecule has 0 aliphatic carbocycles. The van der Waals surface area contributed by atoms with Gasteiger partial charge in [0, 0.05) is 0 Å². The van der Waals surface area contributed by atoms with Crippen LogP contribution in [0.15, 0.2) is 0 Å². The lowest BCUT2D eigenvalue weighted by atomic mass is 10.1. The maximum atomic E-state index is 10.4. The van der Waals surface area contributed by atoms with Crippen molar-refractivity contribution in [3.63, 3.8) is 0 Å². The van der Waals surface area contributed by atoms with Crippen molar-refractivity contribution >= 4 is 10.1 Å². The molecule has 0 bridgehead atoms. The topological polar surface area (TPSA) is 57.6 Å². The number of hydrogen-bond donors (Lipinski definition) is 1. The first-order valence-corrected chi connectivity index (χ1v) is 5.36. The fraction of sp³-hybridized carbons (Fsp3) is 1.00. The Balaban J connectivity index is 2.36. The standard InChI is InChI=1S/C6H13NO3S/c8-11(9,10)6-7-4-2-1-3-5-7/h1-6H2,(H,8,9,10). The molecule has 66 valence electrons. The first-order valence-electron chi connectivity index (χ1n) is 3.75. The van der Waals surface area contributed by atoms with Crippen LogP contribution in [-0.4, -0.2) is 36.8 Å². The second kappa shape index (κ2) is 3.51. The highest BCUT2D eigenvalue weighted by molar-refractivity contribution is 7.85. The number of nitrogens with zero attached hydrogens (tertiary/aromatic N) is 1. The minimum atomic E-state index is -3.80. The minimum Gasteiger partial charge on any atom is -0.288 e. The summed E-state index contributed by atoms with van der Waals surface area (Å²) in [7, 11) is -3.80. The van der Waals surface area contributed by atoms with Gasteiger partial charge in [-0.2, -0.15) is 8.42 Å². The van der Waals surface area contributed by atoms with Gasteiger partial charge in [-0.3, -0.25) is 9.45 Å². The van der Waals surface area contributed by atoms with Gasteiger partial charge < -0.3 is 0 Å². The van der Waals surface area contributed by atoms with Gasteiger partial charge in [0.25, 0.3) is 10.1 Å². The van der Waals surface area contributed by atoms with Crippen LogP contribution in [0.2, 0.25) is 0 Å². The average molecular weight is 179 g/mol. The van der Waals surface area contributed by atoms with Crippen molar-refractivity contribution < 1.29 is 13.0 Å². The van der Waals surface area contributed by atoms with E-state index >= 15 is 0 Å². The molecule has 4 nitrogen and oxygen atoms in total. The molecule has 1 aliphatic rings. The van der Waals surface area contributed by atoms with Crippen molar-refractivity contribution in [2.45, 2.75) is 19.3 Å². The fourth-order valence-corrected chi connectivity index (χ4v) is 2.04. The van der Waals surface area contributed by atoms with E-state index in [-0.39, 0.29) is 5.88 Å². The summed E-state index contributed by atoms with van der Waals surface area (Å²) < 4.78 is 29.3. The Labute approximate surface area is 66.9 Å². The van der Waals surface area contributed by atoms with E-state index in [1.165, 1.54) is 6.42 Å².